The van der Waals surface area contributed by atoms with Crippen LogP contribution in [0.5, 0.6) is 0 Å². The smallest absolute Gasteiger partial charge is 0.423 e. The Morgan fingerprint density at radius 3 is 2.54 bits per heavy atom. The number of rotatable bonds is 3. The summed E-state index contributed by atoms with van der Waals surface area (Å²) >= 11 is 0. The summed E-state index contributed by atoms with van der Waals surface area (Å²) < 4.78 is 0. The maximum Gasteiger partial charge on any atom is 0.488 e. The second-order valence-electron chi connectivity index (χ2n) is 3.25. The Balaban J connectivity index is 2.91. The molecule has 0 bridgehead atoms. The molecule has 0 saturated heterocycles. The first-order chi connectivity index (χ1) is 6.11. The number of hydrogen-bond acceptors (Lipinski definition) is 3. The van der Waals surface area contributed by atoms with E-state index < -0.39 is 7.12 Å². The fourth-order valence-electron chi connectivity index (χ4n) is 1.32. The maximum absolute atomic E-state index is 9.03. The summed E-state index contributed by atoms with van der Waals surface area (Å²) in [5, 5.41) is 18.1. The Morgan fingerprint density at radius 1 is 1.38 bits per heavy atom. The summed E-state index contributed by atoms with van der Waals surface area (Å²) in [4.78, 5) is 0. The zero-order valence-electron chi connectivity index (χ0n) is 7.64. The van der Waals surface area contributed by atoms with E-state index >= 15 is 0 Å². The van der Waals surface area contributed by atoms with E-state index in [-0.39, 0.29) is 6.04 Å². The van der Waals surface area contributed by atoms with Crippen LogP contribution in [0.1, 0.15) is 12.5 Å². The van der Waals surface area contributed by atoms with Gasteiger partial charge in [-0.3, -0.25) is 0 Å². The Hall–Kier alpha value is -0.835. The topological polar surface area (TPSA) is 66.5 Å². The monoisotopic (exact) mass is 179 g/mol. The van der Waals surface area contributed by atoms with Crippen molar-refractivity contribution < 1.29 is 10.0 Å². The molecular weight excluding hydrogens is 165 g/mol. The van der Waals surface area contributed by atoms with Gasteiger partial charge in [-0.15, -0.1) is 0 Å². The first kappa shape index (κ1) is 10.2. The zero-order chi connectivity index (χ0) is 9.84. The lowest BCUT2D eigenvalue weighted by Gasteiger charge is -2.10. The Kier molecular flexibility index (Phi) is 3.48. The lowest BCUT2D eigenvalue weighted by molar-refractivity contribution is 0.425. The molecule has 70 valence electrons. The highest BCUT2D eigenvalue weighted by Gasteiger charge is 2.15. The molecule has 1 rings (SSSR count). The van der Waals surface area contributed by atoms with E-state index in [1.54, 1.807) is 12.1 Å². The lowest BCUT2D eigenvalue weighted by atomic mass is 9.76. The van der Waals surface area contributed by atoms with Crippen LogP contribution < -0.4 is 11.2 Å². The highest BCUT2D eigenvalue weighted by Crippen LogP contribution is 2.00. The average molecular weight is 179 g/mol. The van der Waals surface area contributed by atoms with Crippen molar-refractivity contribution in [1.29, 1.82) is 0 Å². The summed E-state index contributed by atoms with van der Waals surface area (Å²) in [6.07, 6.45) is 0.661. The Morgan fingerprint density at radius 2 is 2.00 bits per heavy atom. The van der Waals surface area contributed by atoms with Gasteiger partial charge in [0.05, 0.1) is 0 Å². The largest absolute Gasteiger partial charge is 0.488 e. The third-order valence-electron chi connectivity index (χ3n) is 1.88. The second kappa shape index (κ2) is 4.41. The van der Waals surface area contributed by atoms with Crippen LogP contribution in [0.3, 0.4) is 0 Å². The SMILES string of the molecule is CC(N)Cc1ccccc1B(O)O. The summed E-state index contributed by atoms with van der Waals surface area (Å²) in [5.74, 6) is 0. The molecule has 0 aliphatic heterocycles. The van der Waals surface area contributed by atoms with E-state index in [0.717, 1.165) is 5.56 Å². The van der Waals surface area contributed by atoms with E-state index in [1.807, 2.05) is 19.1 Å². The molecule has 0 aliphatic carbocycles. The average Bonchev–Trinajstić information content (AvgIpc) is 2.03. The molecule has 1 unspecified atom stereocenters. The van der Waals surface area contributed by atoms with Gasteiger partial charge >= 0.3 is 7.12 Å². The zero-order valence-corrected chi connectivity index (χ0v) is 7.64. The number of nitrogens with two attached hydrogens (primary N) is 1. The molecule has 0 saturated carbocycles. The van der Waals surface area contributed by atoms with E-state index in [9.17, 15) is 0 Å². The van der Waals surface area contributed by atoms with Gasteiger partial charge in [-0.2, -0.15) is 0 Å². The van der Waals surface area contributed by atoms with Crippen LogP contribution in [0.2, 0.25) is 0 Å². The molecule has 4 heteroatoms. The van der Waals surface area contributed by atoms with Gasteiger partial charge in [0.25, 0.3) is 0 Å². The standard InChI is InChI=1S/C9H14BNO2/c1-7(11)6-8-4-2-3-5-9(8)10(12)13/h2-5,7,12-13H,6,11H2,1H3. The minimum atomic E-state index is -1.41. The molecule has 0 amide bonds. The Labute approximate surface area is 78.3 Å². The predicted molar refractivity (Wildman–Crippen MR) is 53.6 cm³/mol. The van der Waals surface area contributed by atoms with Gasteiger partial charge in [-0.1, -0.05) is 24.3 Å². The number of hydrogen-bond donors (Lipinski definition) is 3. The molecule has 0 aliphatic rings. The first-order valence-electron chi connectivity index (χ1n) is 4.30. The van der Waals surface area contributed by atoms with E-state index in [2.05, 4.69) is 0 Å². The van der Waals surface area contributed by atoms with Gasteiger partial charge in [0.2, 0.25) is 0 Å². The fourth-order valence-corrected chi connectivity index (χ4v) is 1.32. The first-order valence-corrected chi connectivity index (χ1v) is 4.30. The van der Waals surface area contributed by atoms with Crippen LogP contribution in [0, 0.1) is 0 Å². The minimum Gasteiger partial charge on any atom is -0.423 e. The molecule has 0 heterocycles. The molecule has 13 heavy (non-hydrogen) atoms. The van der Waals surface area contributed by atoms with Gasteiger partial charge < -0.3 is 15.8 Å². The quantitative estimate of drug-likeness (QED) is 0.535. The summed E-state index contributed by atoms with van der Waals surface area (Å²) in [6, 6.07) is 7.23. The highest BCUT2D eigenvalue weighted by atomic mass is 16.4. The van der Waals surface area contributed by atoms with Crippen molar-refractivity contribution in [3.63, 3.8) is 0 Å². The van der Waals surface area contributed by atoms with E-state index in [0.29, 0.717) is 11.9 Å². The van der Waals surface area contributed by atoms with Crippen molar-refractivity contribution in [2.24, 2.45) is 5.73 Å². The molecule has 1 atom stereocenters. The van der Waals surface area contributed by atoms with Gasteiger partial charge in [0.1, 0.15) is 0 Å². The summed E-state index contributed by atoms with van der Waals surface area (Å²) in [6.45, 7) is 1.89. The molecule has 0 radical (unpaired) electrons. The van der Waals surface area contributed by atoms with E-state index in [4.69, 9.17) is 15.8 Å². The van der Waals surface area contributed by atoms with E-state index in [1.165, 1.54) is 0 Å². The summed E-state index contributed by atoms with van der Waals surface area (Å²) in [7, 11) is -1.41. The molecule has 0 fully saturated rings. The van der Waals surface area contributed by atoms with Crippen molar-refractivity contribution in [1.82, 2.24) is 0 Å². The van der Waals surface area contributed by atoms with Crippen LogP contribution in [0.4, 0.5) is 0 Å². The predicted octanol–water partition coefficient (Wildman–Crippen LogP) is -0.744. The molecule has 4 N–H and O–H groups in total. The molecule has 0 aromatic heterocycles. The van der Waals surface area contributed by atoms with Crippen molar-refractivity contribution in [3.05, 3.63) is 29.8 Å². The molecule has 1 aromatic rings. The third kappa shape index (κ3) is 2.84. The van der Waals surface area contributed by atoms with Gasteiger partial charge in [-0.05, 0) is 24.4 Å². The molecule has 1 aromatic carbocycles. The van der Waals surface area contributed by atoms with Crippen molar-refractivity contribution in [3.8, 4) is 0 Å². The van der Waals surface area contributed by atoms with Crippen LogP contribution in [0.25, 0.3) is 0 Å². The van der Waals surface area contributed by atoms with Gasteiger partial charge in [0, 0.05) is 6.04 Å². The van der Waals surface area contributed by atoms with Gasteiger partial charge in [0.15, 0.2) is 0 Å². The number of benzene rings is 1. The van der Waals surface area contributed by atoms with Crippen LogP contribution in [0.15, 0.2) is 24.3 Å². The van der Waals surface area contributed by atoms with Crippen molar-refractivity contribution in [2.75, 3.05) is 0 Å². The lowest BCUT2D eigenvalue weighted by Crippen LogP contribution is -2.34. The van der Waals surface area contributed by atoms with Crippen LogP contribution in [-0.4, -0.2) is 23.2 Å². The van der Waals surface area contributed by atoms with Crippen LogP contribution in [-0.2, 0) is 6.42 Å². The minimum absolute atomic E-state index is 0.0277. The second-order valence-corrected chi connectivity index (χ2v) is 3.25. The highest BCUT2D eigenvalue weighted by molar-refractivity contribution is 6.59. The fraction of sp³-hybridized carbons (Fsp3) is 0.333. The summed E-state index contributed by atoms with van der Waals surface area (Å²) in [5.41, 5.74) is 7.07. The molecule has 3 nitrogen and oxygen atoms in total. The Bertz CT molecular complexity index is 276. The maximum atomic E-state index is 9.03. The molecule has 0 spiro atoms. The van der Waals surface area contributed by atoms with Crippen LogP contribution >= 0.6 is 0 Å². The van der Waals surface area contributed by atoms with Crippen molar-refractivity contribution >= 4 is 12.6 Å². The van der Waals surface area contributed by atoms with Crippen molar-refractivity contribution in [2.45, 2.75) is 19.4 Å². The normalized spacial score (nSPS) is 12.6. The van der Waals surface area contributed by atoms with Gasteiger partial charge in [-0.25, -0.2) is 0 Å². The third-order valence-corrected chi connectivity index (χ3v) is 1.88. The molecular formula is C9H14BNO2.